The molecule has 0 N–H and O–H groups in total. The second-order valence-electron chi connectivity index (χ2n) is 5.94. The maximum absolute atomic E-state index is 13.8. The molecule has 3 nitrogen and oxygen atoms in total. The molecule has 0 aliphatic heterocycles. The summed E-state index contributed by atoms with van der Waals surface area (Å²) < 4.78 is 19.2. The molecular formula is C19H15ClFNO2. The van der Waals surface area contributed by atoms with Gasteiger partial charge in [0.2, 0.25) is 0 Å². The zero-order chi connectivity index (χ0) is 17.2. The Hall–Kier alpha value is -2.38. The summed E-state index contributed by atoms with van der Waals surface area (Å²) in [5.41, 5.74) is 0.731. The summed E-state index contributed by atoms with van der Waals surface area (Å²) in [7, 11) is 0. The lowest BCUT2D eigenvalue weighted by Gasteiger charge is -2.39. The minimum Gasteiger partial charge on any atom is -0.460 e. The summed E-state index contributed by atoms with van der Waals surface area (Å²) in [6.45, 7) is -0.185. The van der Waals surface area contributed by atoms with E-state index in [9.17, 15) is 9.18 Å². The molecule has 0 spiro atoms. The molecule has 2 aromatic carbocycles. The number of hydrogen-bond donors (Lipinski definition) is 0. The van der Waals surface area contributed by atoms with Gasteiger partial charge in [-0.2, -0.15) is 5.26 Å². The second kappa shape index (κ2) is 6.62. The number of hydrogen-bond acceptors (Lipinski definition) is 3. The Morgan fingerprint density at radius 3 is 2.54 bits per heavy atom. The van der Waals surface area contributed by atoms with Crippen molar-refractivity contribution in [1.82, 2.24) is 0 Å². The Bertz CT molecular complexity index is 807. The summed E-state index contributed by atoms with van der Waals surface area (Å²) in [6, 6.07) is 13.1. The standard InChI is InChI=1S/C19H15ClFNO2/c20-16-5-3-15(4-6-16)19(8-1-9-19)18(23)24-12-14-10-13(11-22)2-7-17(14)21/h2-7,10H,1,8-9,12H2. The van der Waals surface area contributed by atoms with E-state index < -0.39 is 11.2 Å². The third kappa shape index (κ3) is 3.00. The molecule has 2 aromatic rings. The van der Waals surface area contributed by atoms with Gasteiger partial charge in [-0.15, -0.1) is 0 Å². The third-order valence-corrected chi connectivity index (χ3v) is 4.78. The minimum absolute atomic E-state index is 0.185. The SMILES string of the molecule is N#Cc1ccc(F)c(COC(=O)C2(c3ccc(Cl)cc3)CCC2)c1. The summed E-state index contributed by atoms with van der Waals surface area (Å²) in [5, 5.41) is 9.50. The fourth-order valence-electron chi connectivity index (χ4n) is 2.95. The highest BCUT2D eigenvalue weighted by Crippen LogP contribution is 2.45. The zero-order valence-corrected chi connectivity index (χ0v) is 13.6. The van der Waals surface area contributed by atoms with Crippen LogP contribution in [0.1, 0.15) is 36.0 Å². The smallest absolute Gasteiger partial charge is 0.316 e. The molecule has 0 heterocycles. The van der Waals surface area contributed by atoms with Crippen LogP contribution in [0.5, 0.6) is 0 Å². The van der Waals surface area contributed by atoms with E-state index in [0.29, 0.717) is 23.4 Å². The van der Waals surface area contributed by atoms with Gasteiger partial charge >= 0.3 is 5.97 Å². The summed E-state index contributed by atoms with van der Waals surface area (Å²) in [5.74, 6) is -0.853. The first-order valence-corrected chi connectivity index (χ1v) is 8.05. The summed E-state index contributed by atoms with van der Waals surface area (Å²) >= 11 is 5.91. The van der Waals surface area contributed by atoms with Crippen LogP contribution in [0.4, 0.5) is 4.39 Å². The number of nitrogens with zero attached hydrogens (tertiary/aromatic N) is 1. The normalized spacial score (nSPS) is 15.2. The van der Waals surface area contributed by atoms with Crippen LogP contribution >= 0.6 is 11.6 Å². The van der Waals surface area contributed by atoms with Gasteiger partial charge in [0.05, 0.1) is 17.0 Å². The molecule has 24 heavy (non-hydrogen) atoms. The van der Waals surface area contributed by atoms with Crippen LogP contribution in [0.25, 0.3) is 0 Å². The first kappa shape index (κ1) is 16.5. The van der Waals surface area contributed by atoms with E-state index in [1.54, 1.807) is 12.1 Å². The van der Waals surface area contributed by atoms with Crippen LogP contribution in [0.2, 0.25) is 5.02 Å². The van der Waals surface area contributed by atoms with Gasteiger partial charge < -0.3 is 4.74 Å². The highest BCUT2D eigenvalue weighted by Gasteiger charge is 2.47. The highest BCUT2D eigenvalue weighted by atomic mass is 35.5. The molecular weight excluding hydrogens is 329 g/mol. The van der Waals surface area contributed by atoms with E-state index in [1.165, 1.54) is 18.2 Å². The van der Waals surface area contributed by atoms with Crippen LogP contribution in [0.3, 0.4) is 0 Å². The average molecular weight is 344 g/mol. The predicted molar refractivity (Wildman–Crippen MR) is 87.9 cm³/mol. The quantitative estimate of drug-likeness (QED) is 0.767. The van der Waals surface area contributed by atoms with Crippen molar-refractivity contribution in [2.75, 3.05) is 0 Å². The fourth-order valence-corrected chi connectivity index (χ4v) is 3.07. The topological polar surface area (TPSA) is 50.1 Å². The molecule has 122 valence electrons. The second-order valence-corrected chi connectivity index (χ2v) is 6.37. The fraction of sp³-hybridized carbons (Fsp3) is 0.263. The Morgan fingerprint density at radius 1 is 1.25 bits per heavy atom. The number of halogens is 2. The van der Waals surface area contributed by atoms with Gasteiger partial charge in [-0.3, -0.25) is 4.79 Å². The zero-order valence-electron chi connectivity index (χ0n) is 12.9. The molecule has 5 heteroatoms. The molecule has 0 amide bonds. The van der Waals surface area contributed by atoms with Crippen LogP contribution in [0.15, 0.2) is 42.5 Å². The van der Waals surface area contributed by atoms with Crippen LogP contribution < -0.4 is 0 Å². The number of rotatable bonds is 4. The van der Waals surface area contributed by atoms with Crippen molar-refractivity contribution in [2.24, 2.45) is 0 Å². The number of nitriles is 1. The van der Waals surface area contributed by atoms with E-state index in [2.05, 4.69) is 0 Å². The van der Waals surface area contributed by atoms with Crippen molar-refractivity contribution in [2.45, 2.75) is 31.3 Å². The molecule has 1 aliphatic carbocycles. The van der Waals surface area contributed by atoms with E-state index in [1.807, 2.05) is 18.2 Å². The van der Waals surface area contributed by atoms with Crippen molar-refractivity contribution in [1.29, 1.82) is 5.26 Å². The van der Waals surface area contributed by atoms with E-state index in [-0.39, 0.29) is 18.1 Å². The van der Waals surface area contributed by atoms with E-state index >= 15 is 0 Å². The van der Waals surface area contributed by atoms with Crippen LogP contribution in [-0.4, -0.2) is 5.97 Å². The molecule has 1 fully saturated rings. The van der Waals surface area contributed by atoms with Gasteiger partial charge in [0, 0.05) is 10.6 Å². The number of carbonyl (C=O) groups excluding carboxylic acids is 1. The molecule has 0 unspecified atom stereocenters. The average Bonchev–Trinajstić information content (AvgIpc) is 2.55. The van der Waals surface area contributed by atoms with E-state index in [4.69, 9.17) is 21.6 Å². The molecule has 0 radical (unpaired) electrons. The molecule has 0 bridgehead atoms. The lowest BCUT2D eigenvalue weighted by atomic mass is 9.64. The maximum Gasteiger partial charge on any atom is 0.316 e. The van der Waals surface area contributed by atoms with E-state index in [0.717, 1.165) is 12.0 Å². The molecule has 3 rings (SSSR count). The lowest BCUT2D eigenvalue weighted by Crippen LogP contribution is -2.43. The Morgan fingerprint density at radius 2 is 1.96 bits per heavy atom. The predicted octanol–water partition coefficient (Wildman–Crippen LogP) is 4.52. The Balaban J connectivity index is 1.76. The number of esters is 1. The Kier molecular flexibility index (Phi) is 4.55. The molecule has 1 saturated carbocycles. The minimum atomic E-state index is -0.673. The molecule has 0 saturated heterocycles. The van der Waals surface area contributed by atoms with Crippen molar-refractivity contribution in [3.05, 3.63) is 70.0 Å². The van der Waals surface area contributed by atoms with Gasteiger partial charge in [-0.05, 0) is 48.7 Å². The van der Waals surface area contributed by atoms with Gasteiger partial charge in [-0.25, -0.2) is 4.39 Å². The monoisotopic (exact) mass is 343 g/mol. The van der Waals surface area contributed by atoms with Crippen LogP contribution in [0, 0.1) is 17.1 Å². The van der Waals surface area contributed by atoms with Gasteiger partial charge in [0.1, 0.15) is 12.4 Å². The lowest BCUT2D eigenvalue weighted by molar-refractivity contribution is -0.156. The van der Waals surface area contributed by atoms with Crippen molar-refractivity contribution < 1.29 is 13.9 Å². The first-order valence-electron chi connectivity index (χ1n) is 7.67. The highest BCUT2D eigenvalue weighted by molar-refractivity contribution is 6.30. The van der Waals surface area contributed by atoms with Crippen molar-refractivity contribution in [3.8, 4) is 6.07 Å². The van der Waals surface area contributed by atoms with Gasteiger partial charge in [0.15, 0.2) is 0 Å². The van der Waals surface area contributed by atoms with Crippen molar-refractivity contribution in [3.63, 3.8) is 0 Å². The number of benzene rings is 2. The summed E-state index contributed by atoms with van der Waals surface area (Å²) in [4.78, 5) is 12.6. The number of ether oxygens (including phenoxy) is 1. The largest absolute Gasteiger partial charge is 0.460 e. The molecule has 1 aliphatic rings. The molecule has 0 aromatic heterocycles. The summed E-state index contributed by atoms with van der Waals surface area (Å²) in [6.07, 6.45) is 2.35. The van der Waals surface area contributed by atoms with Crippen molar-refractivity contribution >= 4 is 17.6 Å². The molecule has 0 atom stereocenters. The third-order valence-electron chi connectivity index (χ3n) is 4.53. The first-order chi connectivity index (χ1) is 11.5. The Labute approximate surface area is 144 Å². The number of carbonyl (C=O) groups is 1. The maximum atomic E-state index is 13.8. The van der Waals surface area contributed by atoms with Crippen LogP contribution in [-0.2, 0) is 21.6 Å². The van der Waals surface area contributed by atoms with Gasteiger partial charge in [-0.1, -0.05) is 30.2 Å². The van der Waals surface area contributed by atoms with Gasteiger partial charge in [0.25, 0.3) is 0 Å².